The van der Waals surface area contributed by atoms with Gasteiger partial charge >= 0.3 is 0 Å². The monoisotopic (exact) mass is 381 g/mol. The van der Waals surface area contributed by atoms with Gasteiger partial charge in [-0.3, -0.25) is 9.36 Å². The number of carbonyl (C=O) groups excluding carboxylic acids is 1. The maximum atomic E-state index is 12.5. The third-order valence-electron chi connectivity index (χ3n) is 4.95. The van der Waals surface area contributed by atoms with Crippen molar-refractivity contribution in [2.24, 2.45) is 5.92 Å². The first-order chi connectivity index (χ1) is 13.2. The first-order valence-corrected chi connectivity index (χ1v) is 10.1. The van der Waals surface area contributed by atoms with Gasteiger partial charge in [-0.25, -0.2) is 0 Å². The van der Waals surface area contributed by atoms with Crippen LogP contribution >= 0.6 is 11.3 Å². The van der Waals surface area contributed by atoms with Crippen molar-refractivity contribution in [2.45, 2.75) is 26.3 Å². The Balaban J connectivity index is 1.28. The molecule has 0 radical (unpaired) electrons. The second kappa shape index (κ2) is 7.92. The Labute approximate surface area is 162 Å². The van der Waals surface area contributed by atoms with Crippen molar-refractivity contribution in [3.05, 3.63) is 59.9 Å². The molecule has 3 aromatic rings. The van der Waals surface area contributed by atoms with Gasteiger partial charge in [-0.15, -0.1) is 10.2 Å². The third-order valence-corrected chi connectivity index (χ3v) is 5.95. The second-order valence-corrected chi connectivity index (χ2v) is 7.86. The molecule has 0 spiro atoms. The number of benzene rings is 1. The van der Waals surface area contributed by atoms with E-state index >= 15 is 0 Å². The molecule has 7 heteroatoms. The van der Waals surface area contributed by atoms with E-state index in [9.17, 15) is 4.79 Å². The van der Waals surface area contributed by atoms with Gasteiger partial charge in [0, 0.05) is 37.9 Å². The number of nitrogens with one attached hydrogen (secondary N) is 1. The van der Waals surface area contributed by atoms with E-state index in [1.54, 1.807) is 11.3 Å². The van der Waals surface area contributed by atoms with Crippen molar-refractivity contribution in [1.82, 2.24) is 20.1 Å². The van der Waals surface area contributed by atoms with Gasteiger partial charge in [-0.05, 0) is 37.5 Å². The van der Waals surface area contributed by atoms with Crippen LogP contribution in [0.15, 0.2) is 48.8 Å². The summed E-state index contributed by atoms with van der Waals surface area (Å²) in [5, 5.41) is 13.5. The van der Waals surface area contributed by atoms with E-state index in [1.807, 2.05) is 29.1 Å². The van der Waals surface area contributed by atoms with Crippen LogP contribution in [0.25, 0.3) is 5.13 Å². The summed E-state index contributed by atoms with van der Waals surface area (Å²) in [7, 11) is 0. The van der Waals surface area contributed by atoms with Crippen molar-refractivity contribution >= 4 is 22.4 Å². The molecule has 0 unspecified atom stereocenters. The van der Waals surface area contributed by atoms with Crippen molar-refractivity contribution in [2.75, 3.05) is 18.0 Å². The molecule has 1 aliphatic heterocycles. The summed E-state index contributed by atoms with van der Waals surface area (Å²) in [4.78, 5) is 14.7. The van der Waals surface area contributed by atoms with Gasteiger partial charge in [0.15, 0.2) is 0 Å². The molecule has 1 saturated heterocycles. The van der Waals surface area contributed by atoms with Crippen LogP contribution < -0.4 is 10.2 Å². The fourth-order valence-electron chi connectivity index (χ4n) is 3.27. The van der Waals surface area contributed by atoms with Gasteiger partial charge in [0.05, 0.1) is 0 Å². The van der Waals surface area contributed by atoms with Crippen LogP contribution in [0.5, 0.6) is 0 Å². The van der Waals surface area contributed by atoms with Gasteiger partial charge in [0.25, 0.3) is 0 Å². The summed E-state index contributed by atoms with van der Waals surface area (Å²) in [6, 6.07) is 12.2. The average molecular weight is 382 g/mol. The highest BCUT2D eigenvalue weighted by Crippen LogP contribution is 2.27. The van der Waals surface area contributed by atoms with Gasteiger partial charge in [-0.1, -0.05) is 41.2 Å². The number of amides is 1. The predicted octanol–water partition coefficient (Wildman–Crippen LogP) is 3.17. The predicted molar refractivity (Wildman–Crippen MR) is 107 cm³/mol. The summed E-state index contributed by atoms with van der Waals surface area (Å²) < 4.78 is 1.96. The molecule has 27 heavy (non-hydrogen) atoms. The Kier molecular flexibility index (Phi) is 5.20. The van der Waals surface area contributed by atoms with Gasteiger partial charge < -0.3 is 10.2 Å². The molecule has 1 aliphatic rings. The molecule has 0 aliphatic carbocycles. The Bertz CT molecular complexity index is 880. The molecule has 4 rings (SSSR count). The molecule has 1 amide bonds. The highest BCUT2D eigenvalue weighted by Gasteiger charge is 2.26. The lowest BCUT2D eigenvalue weighted by molar-refractivity contribution is -0.125. The quantitative estimate of drug-likeness (QED) is 0.737. The molecular formula is C20H23N5OS. The number of anilines is 1. The Morgan fingerprint density at radius 2 is 1.78 bits per heavy atom. The molecule has 1 fully saturated rings. The van der Waals surface area contributed by atoms with Crippen molar-refractivity contribution < 1.29 is 4.79 Å². The number of aromatic nitrogens is 3. The number of carbonyl (C=O) groups is 1. The summed E-state index contributed by atoms with van der Waals surface area (Å²) in [5.74, 6) is 0.226. The minimum absolute atomic E-state index is 0.0727. The van der Waals surface area contributed by atoms with E-state index in [1.165, 1.54) is 5.56 Å². The van der Waals surface area contributed by atoms with E-state index in [4.69, 9.17) is 0 Å². The number of aryl methyl sites for hydroxylation is 1. The van der Waals surface area contributed by atoms with Crippen LogP contribution in [0.3, 0.4) is 0 Å². The van der Waals surface area contributed by atoms with Crippen LogP contribution in [0.2, 0.25) is 0 Å². The summed E-state index contributed by atoms with van der Waals surface area (Å²) in [5.41, 5.74) is 2.37. The maximum Gasteiger partial charge on any atom is 0.223 e. The number of hydrogen-bond acceptors (Lipinski definition) is 5. The van der Waals surface area contributed by atoms with E-state index < -0.39 is 0 Å². The smallest absolute Gasteiger partial charge is 0.223 e. The first-order valence-electron chi connectivity index (χ1n) is 9.24. The Hall–Kier alpha value is -2.67. The van der Waals surface area contributed by atoms with Crippen LogP contribution in [0, 0.1) is 12.8 Å². The maximum absolute atomic E-state index is 12.5. The van der Waals surface area contributed by atoms with Crippen LogP contribution in [-0.4, -0.2) is 33.8 Å². The highest BCUT2D eigenvalue weighted by atomic mass is 32.1. The molecule has 1 N–H and O–H groups in total. The van der Waals surface area contributed by atoms with Gasteiger partial charge in [-0.2, -0.15) is 0 Å². The standard InChI is InChI=1S/C20H23N5OS/c1-15-4-6-16(7-5-15)14-21-18(26)17-8-12-25(13-9-17)20-23-22-19(27-20)24-10-2-3-11-24/h2-7,10-11,17H,8-9,12-14H2,1H3,(H,21,26). The van der Waals surface area contributed by atoms with E-state index in [0.717, 1.165) is 41.8 Å². The fourth-order valence-corrected chi connectivity index (χ4v) is 4.14. The lowest BCUT2D eigenvalue weighted by Crippen LogP contribution is -2.40. The first kappa shape index (κ1) is 17.7. The zero-order valence-corrected chi connectivity index (χ0v) is 16.2. The zero-order valence-electron chi connectivity index (χ0n) is 15.3. The molecular weight excluding hydrogens is 358 g/mol. The second-order valence-electron chi connectivity index (χ2n) is 6.92. The number of piperidine rings is 1. The van der Waals surface area contributed by atoms with E-state index in [-0.39, 0.29) is 11.8 Å². The normalized spacial score (nSPS) is 15.1. The summed E-state index contributed by atoms with van der Waals surface area (Å²) in [6.45, 7) is 4.33. The average Bonchev–Trinajstić information content (AvgIpc) is 3.39. The number of nitrogens with zero attached hydrogens (tertiary/aromatic N) is 4. The van der Waals surface area contributed by atoms with Crippen LogP contribution in [0.4, 0.5) is 5.13 Å². The molecule has 140 valence electrons. The third kappa shape index (κ3) is 4.19. The van der Waals surface area contributed by atoms with Crippen molar-refractivity contribution in [3.8, 4) is 5.13 Å². The molecule has 2 aromatic heterocycles. The van der Waals surface area contributed by atoms with Crippen molar-refractivity contribution in [3.63, 3.8) is 0 Å². The lowest BCUT2D eigenvalue weighted by atomic mass is 9.96. The minimum Gasteiger partial charge on any atom is -0.352 e. The molecule has 6 nitrogen and oxygen atoms in total. The summed E-state index contributed by atoms with van der Waals surface area (Å²) >= 11 is 1.58. The lowest BCUT2D eigenvalue weighted by Gasteiger charge is -2.30. The largest absolute Gasteiger partial charge is 0.352 e. The fraction of sp³-hybridized carbons (Fsp3) is 0.350. The van der Waals surface area contributed by atoms with E-state index in [2.05, 4.69) is 51.6 Å². The number of hydrogen-bond donors (Lipinski definition) is 1. The Morgan fingerprint density at radius 1 is 1.11 bits per heavy atom. The minimum atomic E-state index is 0.0727. The molecule has 0 bridgehead atoms. The molecule has 0 saturated carbocycles. The zero-order chi connectivity index (χ0) is 18.6. The molecule has 1 aromatic carbocycles. The highest BCUT2D eigenvalue weighted by molar-refractivity contribution is 7.17. The number of rotatable bonds is 5. The van der Waals surface area contributed by atoms with Crippen molar-refractivity contribution in [1.29, 1.82) is 0 Å². The molecule has 3 heterocycles. The van der Waals surface area contributed by atoms with E-state index in [0.29, 0.717) is 6.54 Å². The Morgan fingerprint density at radius 3 is 2.48 bits per heavy atom. The topological polar surface area (TPSA) is 63.1 Å². The van der Waals surface area contributed by atoms with Crippen LogP contribution in [0.1, 0.15) is 24.0 Å². The molecule has 0 atom stereocenters. The van der Waals surface area contributed by atoms with Gasteiger partial charge in [0.1, 0.15) is 0 Å². The summed E-state index contributed by atoms with van der Waals surface area (Å²) in [6.07, 6.45) is 5.63. The SMILES string of the molecule is Cc1ccc(CNC(=O)C2CCN(c3nnc(-n4cccc4)s3)CC2)cc1. The van der Waals surface area contributed by atoms with Crippen LogP contribution in [-0.2, 0) is 11.3 Å². The van der Waals surface area contributed by atoms with Gasteiger partial charge in [0.2, 0.25) is 16.2 Å².